The van der Waals surface area contributed by atoms with E-state index < -0.39 is 11.6 Å². The first-order valence-electron chi connectivity index (χ1n) is 9.89. The van der Waals surface area contributed by atoms with Crippen molar-refractivity contribution in [3.05, 3.63) is 79.8 Å². The number of fused-ring (bicyclic) bond motifs is 2. The first-order chi connectivity index (χ1) is 14.5. The molecule has 1 saturated heterocycles. The fourth-order valence-electron chi connectivity index (χ4n) is 4.46. The number of aliphatic hydroxyl groups is 1. The zero-order valence-corrected chi connectivity index (χ0v) is 20.0. The smallest absolute Gasteiger partial charge is 0.347 e. The molecule has 2 aliphatic heterocycles. The van der Waals surface area contributed by atoms with Crippen LogP contribution in [-0.2, 0) is 15.1 Å². The van der Waals surface area contributed by atoms with Gasteiger partial charge in [0, 0.05) is 24.0 Å². The van der Waals surface area contributed by atoms with Gasteiger partial charge in [0.25, 0.3) is 0 Å². The van der Waals surface area contributed by atoms with Crippen molar-refractivity contribution in [1.82, 2.24) is 0 Å². The topological polar surface area (TPSA) is 46.5 Å². The lowest BCUT2D eigenvalue weighted by Gasteiger charge is -2.44. The van der Waals surface area contributed by atoms with Gasteiger partial charge in [-0.25, -0.2) is 4.79 Å². The molecule has 0 spiro atoms. The van der Waals surface area contributed by atoms with Crippen molar-refractivity contribution >= 4 is 52.4 Å². The van der Waals surface area contributed by atoms with Crippen molar-refractivity contribution in [1.29, 1.82) is 0 Å². The summed E-state index contributed by atoms with van der Waals surface area (Å²) in [5, 5.41) is 12.8. The Hall–Kier alpha value is -1.27. The van der Waals surface area contributed by atoms with E-state index in [0.717, 1.165) is 4.48 Å². The Kier molecular flexibility index (Phi) is 6.10. The van der Waals surface area contributed by atoms with Gasteiger partial charge in [0.2, 0.25) is 5.60 Å². The predicted octanol–water partition coefficient (Wildman–Crippen LogP) is 5.63. The van der Waals surface area contributed by atoms with Gasteiger partial charge in [0.05, 0.1) is 34.2 Å². The number of likely N-dealkylation sites (N-methyl/N-ethyl adjacent to an activating group) is 1. The molecule has 31 heavy (non-hydrogen) atoms. The van der Waals surface area contributed by atoms with Crippen LogP contribution in [0.3, 0.4) is 0 Å². The van der Waals surface area contributed by atoms with Gasteiger partial charge in [-0.3, -0.25) is 0 Å². The van der Waals surface area contributed by atoms with E-state index in [9.17, 15) is 9.90 Å². The lowest BCUT2D eigenvalue weighted by atomic mass is 9.86. The molecule has 0 aromatic heterocycles. The molecule has 8 heteroatoms. The summed E-state index contributed by atoms with van der Waals surface area (Å²) in [7, 11) is 4.35. The Morgan fingerprint density at radius 2 is 1.35 bits per heavy atom. The first-order valence-corrected chi connectivity index (χ1v) is 11.4. The van der Waals surface area contributed by atoms with Crippen LogP contribution in [0.4, 0.5) is 0 Å². The second-order valence-corrected chi connectivity index (χ2v) is 10.2. The second-order valence-electron chi connectivity index (χ2n) is 8.62. The van der Waals surface area contributed by atoms with Gasteiger partial charge in [0.1, 0.15) is 18.2 Å². The van der Waals surface area contributed by atoms with Crippen molar-refractivity contribution < 1.29 is 19.1 Å². The predicted molar refractivity (Wildman–Crippen MR) is 124 cm³/mol. The van der Waals surface area contributed by atoms with Gasteiger partial charge in [0.15, 0.2) is 0 Å². The minimum absolute atomic E-state index is 0.212. The number of benzene rings is 2. The molecular weight excluding hydrogens is 480 g/mol. The van der Waals surface area contributed by atoms with Gasteiger partial charge < -0.3 is 14.3 Å². The Morgan fingerprint density at radius 1 is 0.903 bits per heavy atom. The highest BCUT2D eigenvalue weighted by Gasteiger charge is 2.49. The van der Waals surface area contributed by atoms with Crippen molar-refractivity contribution in [3.8, 4) is 0 Å². The summed E-state index contributed by atoms with van der Waals surface area (Å²) in [4.78, 5) is 13.5. The molecule has 164 valence electrons. The average molecular weight is 502 g/mol. The Morgan fingerprint density at radius 3 is 1.77 bits per heavy atom. The molecule has 4 rings (SSSR count). The number of hydrogen-bond acceptors (Lipinski definition) is 3. The maximum absolute atomic E-state index is 13.5. The van der Waals surface area contributed by atoms with Crippen LogP contribution in [0, 0.1) is 0 Å². The molecule has 3 atom stereocenters. The van der Waals surface area contributed by atoms with E-state index in [0.29, 0.717) is 22.9 Å². The molecule has 2 aliphatic rings. The van der Waals surface area contributed by atoms with Crippen molar-refractivity contribution in [2.45, 2.75) is 36.6 Å². The van der Waals surface area contributed by atoms with E-state index in [-0.39, 0.29) is 39.4 Å². The molecule has 2 heterocycles. The highest BCUT2D eigenvalue weighted by Crippen LogP contribution is 2.40. The zero-order chi connectivity index (χ0) is 22.6. The number of halogens is 4. The lowest BCUT2D eigenvalue weighted by Crippen LogP contribution is -2.57. The highest BCUT2D eigenvalue weighted by molar-refractivity contribution is 6.42. The molecule has 0 aliphatic carbocycles. The summed E-state index contributed by atoms with van der Waals surface area (Å²) in [6.45, 7) is 0. The first kappa shape index (κ1) is 22.9. The Labute approximate surface area is 201 Å². The van der Waals surface area contributed by atoms with Crippen LogP contribution >= 0.6 is 46.4 Å². The molecule has 0 saturated carbocycles. The van der Waals surface area contributed by atoms with E-state index in [1.165, 1.54) is 24.3 Å². The fourth-order valence-corrected chi connectivity index (χ4v) is 5.06. The molecule has 0 radical (unpaired) electrons. The third-order valence-corrected chi connectivity index (χ3v) is 8.00. The molecule has 4 nitrogen and oxygen atoms in total. The molecular formula is C23H22Cl4NO3+. The van der Waals surface area contributed by atoms with Crippen LogP contribution < -0.4 is 0 Å². The number of ether oxygens (including phenoxy) is 1. The molecule has 2 aromatic carbocycles. The minimum Gasteiger partial charge on any atom is -0.459 e. The van der Waals surface area contributed by atoms with E-state index in [1.54, 1.807) is 12.1 Å². The summed E-state index contributed by atoms with van der Waals surface area (Å²) in [6.07, 6.45) is 5.42. The Balaban J connectivity index is 1.70. The summed E-state index contributed by atoms with van der Waals surface area (Å²) >= 11 is 24.5. The van der Waals surface area contributed by atoms with Gasteiger partial charge in [-0.1, -0.05) is 58.5 Å². The van der Waals surface area contributed by atoms with Crippen LogP contribution in [0.1, 0.15) is 24.0 Å². The lowest BCUT2D eigenvalue weighted by molar-refractivity contribution is -0.926. The van der Waals surface area contributed by atoms with Gasteiger partial charge in [-0.15, -0.1) is 0 Å². The summed E-state index contributed by atoms with van der Waals surface area (Å²) in [5.41, 5.74) is -1.66. The number of nitrogens with zero attached hydrogens (tertiary/aromatic N) is 1. The van der Waals surface area contributed by atoms with Gasteiger partial charge >= 0.3 is 5.97 Å². The summed E-state index contributed by atoms with van der Waals surface area (Å²) in [6, 6.07) is 9.59. The van der Waals surface area contributed by atoms with Crippen LogP contribution in [0.15, 0.2) is 48.6 Å². The normalized spacial score (nSPS) is 24.3. The van der Waals surface area contributed by atoms with E-state index >= 15 is 0 Å². The number of quaternary nitrogens is 1. The number of carbonyl (C=O) groups is 1. The van der Waals surface area contributed by atoms with Crippen molar-refractivity contribution in [3.63, 3.8) is 0 Å². The third-order valence-electron chi connectivity index (χ3n) is 6.52. The average Bonchev–Trinajstić information content (AvgIpc) is 2.88. The monoisotopic (exact) mass is 500 g/mol. The van der Waals surface area contributed by atoms with Crippen LogP contribution in [-0.4, -0.2) is 47.8 Å². The number of piperidine rings is 1. The fraction of sp³-hybridized carbons (Fsp3) is 0.348. The van der Waals surface area contributed by atoms with Crippen LogP contribution in [0.25, 0.3) is 0 Å². The van der Waals surface area contributed by atoms with Crippen molar-refractivity contribution in [2.75, 3.05) is 14.1 Å². The van der Waals surface area contributed by atoms with E-state index in [4.69, 9.17) is 51.1 Å². The van der Waals surface area contributed by atoms with E-state index in [1.807, 2.05) is 0 Å². The van der Waals surface area contributed by atoms with Gasteiger partial charge in [-0.05, 0) is 36.4 Å². The SMILES string of the molecule is C[N+]1(C)C2C=C[C@@H]1CC(OC(=O)C(O)(c1ccc(Cl)c(Cl)c1)c1ccc(Cl)c(Cl)c1)C2. The molecule has 1 fully saturated rings. The standard InChI is InChI=1S/C23H22Cl4NO3/c1-28(2)15-5-6-16(28)12-17(11-15)31-22(29)23(30,13-3-7-18(24)20(26)9-13)14-4-8-19(25)21(27)10-14/h3-10,15-17,30H,11-12H2,1-2H3/q+1/t15-,16?,17?/m1/s1. The maximum atomic E-state index is 13.5. The Bertz CT molecular complexity index is 999. The number of hydrogen-bond donors (Lipinski definition) is 1. The van der Waals surface area contributed by atoms with Crippen LogP contribution in [0.2, 0.25) is 20.1 Å². The third kappa shape index (κ3) is 3.99. The quantitative estimate of drug-likeness (QED) is 0.335. The molecule has 2 bridgehead atoms. The number of esters is 1. The van der Waals surface area contributed by atoms with E-state index in [2.05, 4.69) is 26.2 Å². The number of carbonyl (C=O) groups excluding carboxylic acids is 1. The summed E-state index contributed by atoms with van der Waals surface area (Å²) < 4.78 is 6.73. The molecule has 2 unspecified atom stereocenters. The minimum atomic E-state index is -2.13. The molecule has 0 amide bonds. The molecule has 1 N–H and O–H groups in total. The van der Waals surface area contributed by atoms with Crippen LogP contribution in [0.5, 0.6) is 0 Å². The zero-order valence-electron chi connectivity index (χ0n) is 17.0. The van der Waals surface area contributed by atoms with Crippen molar-refractivity contribution in [2.24, 2.45) is 0 Å². The largest absolute Gasteiger partial charge is 0.459 e. The molecule has 2 aromatic rings. The second kappa shape index (κ2) is 8.26. The summed E-state index contributed by atoms with van der Waals surface area (Å²) in [5.74, 6) is -0.791. The highest BCUT2D eigenvalue weighted by atomic mass is 35.5. The van der Waals surface area contributed by atoms with Gasteiger partial charge in [-0.2, -0.15) is 0 Å². The number of rotatable bonds is 4. The maximum Gasteiger partial charge on any atom is 0.347 e.